The van der Waals surface area contributed by atoms with Crippen LogP contribution in [-0.4, -0.2) is 5.78 Å². The van der Waals surface area contributed by atoms with Crippen LogP contribution in [0.4, 0.5) is 0 Å². The summed E-state index contributed by atoms with van der Waals surface area (Å²) in [6.45, 7) is 12.0. The Labute approximate surface area is 107 Å². The summed E-state index contributed by atoms with van der Waals surface area (Å²) in [5.74, 6) is 0.0948. The van der Waals surface area contributed by atoms with E-state index in [1.54, 1.807) is 6.92 Å². The Hall–Kier alpha value is -0.630. The molecule has 0 fully saturated rings. The minimum absolute atomic E-state index is 0.0948. The van der Waals surface area contributed by atoms with E-state index in [1.165, 1.54) is 5.56 Å². The summed E-state index contributed by atoms with van der Waals surface area (Å²) in [5.41, 5.74) is 2.10. The molecule has 0 saturated heterocycles. The van der Waals surface area contributed by atoms with Crippen molar-refractivity contribution in [2.75, 3.05) is 0 Å². The fraction of sp³-hybridized carbons (Fsp3) is 0.500. The lowest BCUT2D eigenvalue weighted by molar-refractivity contribution is 0.101. The maximum atomic E-state index is 11.2. The van der Waals surface area contributed by atoms with Crippen LogP contribution in [0, 0.1) is 0 Å². The van der Waals surface area contributed by atoms with E-state index in [1.807, 2.05) is 32.0 Å². The van der Waals surface area contributed by atoms with Gasteiger partial charge in [-0.15, -0.1) is 0 Å². The monoisotopic (exact) mass is 284 g/mol. The van der Waals surface area contributed by atoms with E-state index in [9.17, 15) is 4.79 Å². The molecule has 16 heavy (non-hydrogen) atoms. The van der Waals surface area contributed by atoms with Gasteiger partial charge in [-0.05, 0) is 30.0 Å². The van der Waals surface area contributed by atoms with Crippen molar-refractivity contribution >= 4 is 21.7 Å². The van der Waals surface area contributed by atoms with Crippen LogP contribution < -0.4 is 0 Å². The lowest BCUT2D eigenvalue weighted by Crippen LogP contribution is -2.11. The van der Waals surface area contributed by atoms with E-state index in [2.05, 4.69) is 36.7 Å². The molecule has 90 valence electrons. The second-order valence-corrected chi connectivity index (χ2v) is 5.36. The Balaban J connectivity index is 0.00000106. The van der Waals surface area contributed by atoms with Crippen molar-refractivity contribution in [2.45, 2.75) is 47.0 Å². The van der Waals surface area contributed by atoms with E-state index >= 15 is 0 Å². The first-order valence-corrected chi connectivity index (χ1v) is 6.42. The normalized spacial score (nSPS) is 10.4. The zero-order chi connectivity index (χ0) is 12.9. The molecule has 0 spiro atoms. The van der Waals surface area contributed by atoms with Crippen LogP contribution in [0.25, 0.3) is 0 Å². The Morgan fingerprint density at radius 2 is 1.69 bits per heavy atom. The number of ketones is 1. The average molecular weight is 285 g/mol. The molecular formula is C14H21BrO. The van der Waals surface area contributed by atoms with Gasteiger partial charge < -0.3 is 0 Å². The molecule has 0 unspecified atom stereocenters. The number of rotatable bonds is 1. The Morgan fingerprint density at radius 1 is 1.19 bits per heavy atom. The fourth-order valence-corrected chi connectivity index (χ4v) is 1.93. The number of carbonyl (C=O) groups is 1. The standard InChI is InChI=1S/C12H15BrO.C2H6/c1-8(14)10-6-5-9(7-11(10)13)12(2,3)4;1-2/h5-7H,1-4H3;1-2H3. The summed E-state index contributed by atoms with van der Waals surface area (Å²) in [5, 5.41) is 0. The predicted octanol–water partition coefficient (Wildman–Crippen LogP) is 4.98. The van der Waals surface area contributed by atoms with E-state index in [-0.39, 0.29) is 11.2 Å². The highest BCUT2D eigenvalue weighted by Gasteiger charge is 2.15. The van der Waals surface area contributed by atoms with E-state index < -0.39 is 0 Å². The lowest BCUT2D eigenvalue weighted by Gasteiger charge is -2.19. The van der Waals surface area contributed by atoms with Gasteiger partial charge in [0.2, 0.25) is 0 Å². The highest BCUT2D eigenvalue weighted by molar-refractivity contribution is 9.10. The van der Waals surface area contributed by atoms with E-state index in [0.29, 0.717) is 0 Å². The molecule has 0 radical (unpaired) electrons. The number of halogens is 1. The number of carbonyl (C=O) groups excluding carboxylic acids is 1. The molecule has 1 aromatic rings. The van der Waals surface area contributed by atoms with Crippen LogP contribution in [-0.2, 0) is 5.41 Å². The Bertz CT molecular complexity index is 361. The summed E-state index contributed by atoms with van der Waals surface area (Å²) in [7, 11) is 0. The van der Waals surface area contributed by atoms with Crippen molar-refractivity contribution in [1.29, 1.82) is 0 Å². The first-order valence-electron chi connectivity index (χ1n) is 5.63. The van der Waals surface area contributed by atoms with Crippen molar-refractivity contribution in [3.63, 3.8) is 0 Å². The van der Waals surface area contributed by atoms with E-state index in [4.69, 9.17) is 0 Å². The molecule has 1 aromatic carbocycles. The van der Waals surface area contributed by atoms with Crippen molar-refractivity contribution in [3.05, 3.63) is 33.8 Å². The molecule has 0 aliphatic rings. The number of benzene rings is 1. The quantitative estimate of drug-likeness (QED) is 0.665. The van der Waals surface area contributed by atoms with Gasteiger partial charge in [-0.3, -0.25) is 4.79 Å². The zero-order valence-corrected chi connectivity index (χ0v) is 12.6. The van der Waals surface area contributed by atoms with Crippen LogP contribution in [0.2, 0.25) is 0 Å². The Kier molecular flexibility index (Phi) is 5.95. The highest BCUT2D eigenvalue weighted by atomic mass is 79.9. The first kappa shape index (κ1) is 15.4. The van der Waals surface area contributed by atoms with Gasteiger partial charge in [0.05, 0.1) is 0 Å². The van der Waals surface area contributed by atoms with Gasteiger partial charge in [-0.25, -0.2) is 0 Å². The molecule has 0 N–H and O–H groups in total. The zero-order valence-electron chi connectivity index (χ0n) is 11.0. The molecular weight excluding hydrogens is 264 g/mol. The molecule has 0 bridgehead atoms. The van der Waals surface area contributed by atoms with Crippen molar-refractivity contribution in [2.24, 2.45) is 0 Å². The molecule has 0 heterocycles. The number of Topliss-reactive ketones (excluding diaryl/α,β-unsaturated/α-hetero) is 1. The fourth-order valence-electron chi connectivity index (χ4n) is 1.27. The van der Waals surface area contributed by atoms with Crippen LogP contribution >= 0.6 is 15.9 Å². The molecule has 0 aliphatic carbocycles. The average Bonchev–Trinajstić information content (AvgIpc) is 2.18. The summed E-state index contributed by atoms with van der Waals surface area (Å²) < 4.78 is 0.887. The maximum absolute atomic E-state index is 11.2. The molecule has 0 aliphatic heterocycles. The minimum Gasteiger partial charge on any atom is -0.294 e. The third-order valence-corrected chi connectivity index (χ3v) is 2.87. The Morgan fingerprint density at radius 3 is 2.00 bits per heavy atom. The van der Waals surface area contributed by atoms with E-state index in [0.717, 1.165) is 10.0 Å². The van der Waals surface area contributed by atoms with Crippen LogP contribution in [0.3, 0.4) is 0 Å². The van der Waals surface area contributed by atoms with Gasteiger partial charge in [-0.1, -0.05) is 56.6 Å². The van der Waals surface area contributed by atoms with Crippen LogP contribution in [0.5, 0.6) is 0 Å². The third-order valence-electron chi connectivity index (χ3n) is 2.21. The topological polar surface area (TPSA) is 17.1 Å². The smallest absolute Gasteiger partial charge is 0.160 e. The van der Waals surface area contributed by atoms with Gasteiger partial charge in [0.25, 0.3) is 0 Å². The summed E-state index contributed by atoms with van der Waals surface area (Å²) in [6, 6.07) is 5.92. The largest absolute Gasteiger partial charge is 0.294 e. The summed E-state index contributed by atoms with van der Waals surface area (Å²) in [6.07, 6.45) is 0. The minimum atomic E-state index is 0.0948. The molecule has 0 aromatic heterocycles. The molecule has 0 saturated carbocycles. The number of hydrogen-bond acceptors (Lipinski definition) is 1. The predicted molar refractivity (Wildman–Crippen MR) is 74.2 cm³/mol. The first-order chi connectivity index (χ1) is 7.32. The molecule has 1 rings (SSSR count). The second-order valence-electron chi connectivity index (χ2n) is 4.50. The molecule has 2 heteroatoms. The maximum Gasteiger partial charge on any atom is 0.160 e. The van der Waals surface area contributed by atoms with Gasteiger partial charge in [0.1, 0.15) is 0 Å². The highest BCUT2D eigenvalue weighted by Crippen LogP contribution is 2.27. The van der Waals surface area contributed by atoms with Crippen molar-refractivity contribution in [3.8, 4) is 0 Å². The van der Waals surface area contributed by atoms with Gasteiger partial charge in [0.15, 0.2) is 5.78 Å². The lowest BCUT2D eigenvalue weighted by atomic mass is 9.86. The third kappa shape index (κ3) is 4.09. The SMILES string of the molecule is CC.CC(=O)c1ccc(C(C)(C)C)cc1Br. The van der Waals surface area contributed by atoms with Crippen LogP contribution in [0.1, 0.15) is 57.5 Å². The van der Waals surface area contributed by atoms with Crippen molar-refractivity contribution in [1.82, 2.24) is 0 Å². The van der Waals surface area contributed by atoms with Gasteiger partial charge in [0, 0.05) is 10.0 Å². The van der Waals surface area contributed by atoms with Crippen LogP contribution in [0.15, 0.2) is 22.7 Å². The number of hydrogen-bond donors (Lipinski definition) is 0. The van der Waals surface area contributed by atoms with Crippen molar-refractivity contribution < 1.29 is 4.79 Å². The van der Waals surface area contributed by atoms with Gasteiger partial charge in [-0.2, -0.15) is 0 Å². The molecule has 0 atom stereocenters. The molecule has 1 nitrogen and oxygen atoms in total. The summed E-state index contributed by atoms with van der Waals surface area (Å²) in [4.78, 5) is 11.2. The second kappa shape index (κ2) is 6.19. The van der Waals surface area contributed by atoms with Gasteiger partial charge >= 0.3 is 0 Å². The molecule has 0 amide bonds. The summed E-state index contributed by atoms with van der Waals surface area (Å²) >= 11 is 3.42.